The lowest BCUT2D eigenvalue weighted by molar-refractivity contribution is -0.137. The summed E-state index contributed by atoms with van der Waals surface area (Å²) in [7, 11) is 0. The van der Waals surface area contributed by atoms with E-state index in [0.29, 0.717) is 38.6 Å². The Kier molecular flexibility index (Phi) is 9.80. The van der Waals surface area contributed by atoms with Gasteiger partial charge in [0.1, 0.15) is 0 Å². The van der Waals surface area contributed by atoms with Crippen molar-refractivity contribution in [3.8, 4) is 0 Å². The molecule has 0 aliphatic rings. The number of carboxylic acid groups (broad SMARTS) is 1. The van der Waals surface area contributed by atoms with Crippen LogP contribution in [0.4, 0.5) is 4.79 Å². The number of aliphatic carboxylic acids is 1. The van der Waals surface area contributed by atoms with Crippen molar-refractivity contribution in [3.05, 3.63) is 0 Å². The second-order valence-corrected chi connectivity index (χ2v) is 5.49. The van der Waals surface area contributed by atoms with E-state index in [1.165, 1.54) is 0 Å². The highest BCUT2D eigenvalue weighted by Gasteiger charge is 2.16. The average Bonchev–Trinajstić information content (AvgIpc) is 2.32. The van der Waals surface area contributed by atoms with Crippen molar-refractivity contribution in [2.75, 3.05) is 26.3 Å². The van der Waals surface area contributed by atoms with E-state index in [4.69, 9.17) is 9.84 Å². The smallest absolute Gasteiger partial charge is 0.317 e. The molecule has 0 aliphatic carbocycles. The molecule has 6 nitrogen and oxygen atoms in total. The number of ether oxygens (including phenoxy) is 1. The summed E-state index contributed by atoms with van der Waals surface area (Å²) < 4.78 is 5.39. The number of hydrogen-bond donors (Lipinski definition) is 2. The predicted octanol–water partition coefficient (Wildman–Crippen LogP) is 1.94. The maximum absolute atomic E-state index is 12.0. The lowest BCUT2D eigenvalue weighted by atomic mass is 10.2. The molecule has 0 bridgehead atoms. The Morgan fingerprint density at radius 2 is 1.90 bits per heavy atom. The second kappa shape index (κ2) is 10.5. The van der Waals surface area contributed by atoms with E-state index >= 15 is 0 Å². The number of carboxylic acids is 1. The monoisotopic (exact) mass is 288 g/mol. The molecule has 2 N–H and O–H groups in total. The van der Waals surface area contributed by atoms with Gasteiger partial charge in [0, 0.05) is 32.2 Å². The zero-order valence-electron chi connectivity index (χ0n) is 13.0. The molecule has 2 amide bonds. The van der Waals surface area contributed by atoms with Gasteiger partial charge in [-0.15, -0.1) is 0 Å². The number of nitrogens with one attached hydrogen (secondary N) is 1. The fourth-order valence-corrected chi connectivity index (χ4v) is 1.65. The summed E-state index contributed by atoms with van der Waals surface area (Å²) in [5, 5.41) is 11.4. The van der Waals surface area contributed by atoms with Crippen LogP contribution in [0, 0.1) is 5.92 Å². The fraction of sp³-hybridized carbons (Fsp3) is 0.857. The summed E-state index contributed by atoms with van der Waals surface area (Å²) in [6.07, 6.45) is 0.540. The van der Waals surface area contributed by atoms with Gasteiger partial charge in [-0.25, -0.2) is 4.79 Å². The largest absolute Gasteiger partial charge is 0.481 e. The molecule has 0 spiro atoms. The van der Waals surface area contributed by atoms with Gasteiger partial charge in [0.15, 0.2) is 0 Å². The Bertz CT molecular complexity index is 293. The third kappa shape index (κ3) is 9.61. The van der Waals surface area contributed by atoms with Crippen LogP contribution in [0.15, 0.2) is 0 Å². The summed E-state index contributed by atoms with van der Waals surface area (Å²) in [5.41, 5.74) is 0. The maximum Gasteiger partial charge on any atom is 0.317 e. The van der Waals surface area contributed by atoms with Crippen molar-refractivity contribution in [2.45, 2.75) is 46.6 Å². The molecule has 0 aromatic heterocycles. The van der Waals surface area contributed by atoms with Crippen LogP contribution in [-0.4, -0.2) is 54.4 Å². The number of carbonyl (C=O) groups is 2. The number of amides is 2. The standard InChI is InChI=1S/C14H28N2O4/c1-11(2)10-20-9-7-15-14(19)16(12(3)4)8-5-6-13(17)18/h11-12H,5-10H2,1-4H3,(H,15,19)(H,17,18). The van der Waals surface area contributed by atoms with Crippen molar-refractivity contribution in [3.63, 3.8) is 0 Å². The average molecular weight is 288 g/mol. The van der Waals surface area contributed by atoms with Crippen molar-refractivity contribution in [1.82, 2.24) is 10.2 Å². The lowest BCUT2D eigenvalue weighted by Crippen LogP contribution is -2.45. The van der Waals surface area contributed by atoms with Crippen LogP contribution >= 0.6 is 0 Å². The van der Waals surface area contributed by atoms with Crippen LogP contribution in [0.25, 0.3) is 0 Å². The first-order chi connectivity index (χ1) is 9.34. The van der Waals surface area contributed by atoms with Gasteiger partial charge in [0.2, 0.25) is 0 Å². The van der Waals surface area contributed by atoms with E-state index < -0.39 is 5.97 Å². The minimum absolute atomic E-state index is 0.0420. The highest BCUT2D eigenvalue weighted by atomic mass is 16.5. The molecule has 0 radical (unpaired) electrons. The van der Waals surface area contributed by atoms with Crippen molar-refractivity contribution in [1.29, 1.82) is 0 Å². The first-order valence-corrected chi connectivity index (χ1v) is 7.18. The minimum Gasteiger partial charge on any atom is -0.481 e. The first-order valence-electron chi connectivity index (χ1n) is 7.18. The van der Waals surface area contributed by atoms with E-state index in [1.807, 2.05) is 13.8 Å². The Labute approximate surface area is 121 Å². The molecule has 0 unspecified atom stereocenters. The quantitative estimate of drug-likeness (QED) is 0.602. The third-order valence-electron chi connectivity index (χ3n) is 2.65. The van der Waals surface area contributed by atoms with Crippen LogP contribution in [0.2, 0.25) is 0 Å². The summed E-state index contributed by atoms with van der Waals surface area (Å²) in [6, 6.07) is -0.126. The third-order valence-corrected chi connectivity index (χ3v) is 2.65. The topological polar surface area (TPSA) is 78.9 Å². The molecule has 0 rings (SSSR count). The molecule has 0 heterocycles. The van der Waals surface area contributed by atoms with E-state index in [9.17, 15) is 9.59 Å². The molecular formula is C14H28N2O4. The van der Waals surface area contributed by atoms with Crippen LogP contribution in [0.5, 0.6) is 0 Å². The normalized spacial score (nSPS) is 10.9. The van der Waals surface area contributed by atoms with Crippen LogP contribution in [0.3, 0.4) is 0 Å². The number of nitrogens with zero attached hydrogens (tertiary/aromatic N) is 1. The number of rotatable bonds is 10. The van der Waals surface area contributed by atoms with E-state index in [1.54, 1.807) is 4.90 Å². The lowest BCUT2D eigenvalue weighted by Gasteiger charge is -2.26. The van der Waals surface area contributed by atoms with Crippen molar-refractivity contribution < 1.29 is 19.4 Å². The maximum atomic E-state index is 12.0. The highest BCUT2D eigenvalue weighted by molar-refractivity contribution is 5.74. The van der Waals surface area contributed by atoms with Gasteiger partial charge in [0.05, 0.1) is 6.61 Å². The van der Waals surface area contributed by atoms with Crippen molar-refractivity contribution in [2.24, 2.45) is 5.92 Å². The predicted molar refractivity (Wildman–Crippen MR) is 77.8 cm³/mol. The van der Waals surface area contributed by atoms with Gasteiger partial charge in [-0.05, 0) is 26.2 Å². The number of carbonyl (C=O) groups excluding carboxylic acids is 1. The molecule has 0 aromatic rings. The second-order valence-electron chi connectivity index (χ2n) is 5.49. The molecule has 20 heavy (non-hydrogen) atoms. The molecular weight excluding hydrogens is 260 g/mol. The summed E-state index contributed by atoms with van der Waals surface area (Å²) in [5.74, 6) is -0.356. The van der Waals surface area contributed by atoms with Gasteiger partial charge < -0.3 is 20.1 Å². The van der Waals surface area contributed by atoms with E-state index in [2.05, 4.69) is 19.2 Å². The van der Waals surface area contributed by atoms with E-state index in [0.717, 1.165) is 0 Å². The van der Waals surface area contributed by atoms with Gasteiger partial charge in [-0.1, -0.05) is 13.8 Å². The van der Waals surface area contributed by atoms with E-state index in [-0.39, 0.29) is 18.5 Å². The van der Waals surface area contributed by atoms with Gasteiger partial charge in [-0.2, -0.15) is 0 Å². The number of urea groups is 1. The molecule has 0 fully saturated rings. The Hall–Kier alpha value is -1.30. The molecule has 0 saturated heterocycles. The molecule has 0 aliphatic heterocycles. The molecule has 0 aromatic carbocycles. The van der Waals surface area contributed by atoms with Crippen LogP contribution in [0.1, 0.15) is 40.5 Å². The Balaban J connectivity index is 3.94. The Morgan fingerprint density at radius 1 is 1.25 bits per heavy atom. The van der Waals surface area contributed by atoms with Gasteiger partial charge >= 0.3 is 12.0 Å². The van der Waals surface area contributed by atoms with Crippen LogP contribution in [-0.2, 0) is 9.53 Å². The van der Waals surface area contributed by atoms with Crippen molar-refractivity contribution >= 4 is 12.0 Å². The van der Waals surface area contributed by atoms with Crippen LogP contribution < -0.4 is 5.32 Å². The minimum atomic E-state index is -0.837. The summed E-state index contributed by atoms with van der Waals surface area (Å²) in [4.78, 5) is 24.1. The molecule has 6 heteroatoms. The summed E-state index contributed by atoms with van der Waals surface area (Å²) >= 11 is 0. The summed E-state index contributed by atoms with van der Waals surface area (Å²) in [6.45, 7) is 10.1. The SMILES string of the molecule is CC(C)COCCNC(=O)N(CCCC(=O)O)C(C)C. The zero-order chi connectivity index (χ0) is 15.5. The van der Waals surface area contributed by atoms with Gasteiger partial charge in [-0.3, -0.25) is 4.79 Å². The fourth-order valence-electron chi connectivity index (χ4n) is 1.65. The first kappa shape index (κ1) is 18.7. The molecule has 0 atom stereocenters. The molecule has 118 valence electrons. The number of hydrogen-bond acceptors (Lipinski definition) is 3. The van der Waals surface area contributed by atoms with Gasteiger partial charge in [0.25, 0.3) is 0 Å². The molecule has 0 saturated carbocycles. The zero-order valence-corrected chi connectivity index (χ0v) is 13.0. The highest BCUT2D eigenvalue weighted by Crippen LogP contribution is 2.02. The Morgan fingerprint density at radius 3 is 2.40 bits per heavy atom.